The quantitative estimate of drug-likeness (QED) is 0.804. The number of hydrogen-bond acceptors (Lipinski definition) is 5. The van der Waals surface area contributed by atoms with Gasteiger partial charge in [0, 0.05) is 17.8 Å². The van der Waals surface area contributed by atoms with E-state index in [0.29, 0.717) is 36.0 Å². The van der Waals surface area contributed by atoms with Crippen LogP contribution in [-0.4, -0.2) is 36.0 Å². The van der Waals surface area contributed by atoms with Crippen LogP contribution in [0.15, 0.2) is 42.1 Å². The molecule has 0 bridgehead atoms. The van der Waals surface area contributed by atoms with Gasteiger partial charge in [-0.3, -0.25) is 14.5 Å². The van der Waals surface area contributed by atoms with Gasteiger partial charge in [-0.1, -0.05) is 23.8 Å². The summed E-state index contributed by atoms with van der Waals surface area (Å²) in [6, 6.07) is 11.0. The van der Waals surface area contributed by atoms with Crippen molar-refractivity contribution < 1.29 is 19.1 Å². The van der Waals surface area contributed by atoms with Crippen LogP contribution in [0.5, 0.6) is 11.5 Å². The molecular weight excluding hydrogens is 368 g/mol. The smallest absolute Gasteiger partial charge is 0.278 e. The number of imide groups is 1. The summed E-state index contributed by atoms with van der Waals surface area (Å²) in [5, 5.41) is 3.18. The van der Waals surface area contributed by atoms with Crippen molar-refractivity contribution in [1.29, 1.82) is 0 Å². The van der Waals surface area contributed by atoms with E-state index in [0.717, 1.165) is 16.7 Å². The van der Waals surface area contributed by atoms with E-state index in [9.17, 15) is 9.59 Å². The monoisotopic (exact) mass is 392 g/mol. The molecule has 0 fully saturated rings. The van der Waals surface area contributed by atoms with Gasteiger partial charge in [0.05, 0.1) is 5.57 Å². The van der Waals surface area contributed by atoms with Gasteiger partial charge in [0.15, 0.2) is 11.5 Å². The topological polar surface area (TPSA) is 67.9 Å². The fourth-order valence-corrected chi connectivity index (χ4v) is 3.74. The van der Waals surface area contributed by atoms with E-state index in [1.807, 2.05) is 52.0 Å². The molecule has 2 aromatic carbocycles. The van der Waals surface area contributed by atoms with Crippen molar-refractivity contribution in [2.45, 2.75) is 33.7 Å². The Hall–Kier alpha value is -3.28. The average Bonchev–Trinajstić information content (AvgIpc) is 2.92. The molecule has 0 aliphatic carbocycles. The molecule has 2 aliphatic heterocycles. The first-order valence-electron chi connectivity index (χ1n) is 9.73. The van der Waals surface area contributed by atoms with Gasteiger partial charge >= 0.3 is 0 Å². The zero-order valence-electron chi connectivity index (χ0n) is 17.0. The maximum atomic E-state index is 13.2. The van der Waals surface area contributed by atoms with Crippen molar-refractivity contribution >= 4 is 23.1 Å². The fraction of sp³-hybridized carbons (Fsp3) is 0.304. The highest BCUT2D eigenvalue weighted by atomic mass is 16.6. The first-order chi connectivity index (χ1) is 13.9. The molecule has 0 spiro atoms. The van der Waals surface area contributed by atoms with Gasteiger partial charge in [-0.15, -0.1) is 0 Å². The van der Waals surface area contributed by atoms with Gasteiger partial charge in [0.25, 0.3) is 11.8 Å². The van der Waals surface area contributed by atoms with Crippen LogP contribution in [0.4, 0.5) is 5.69 Å². The summed E-state index contributed by atoms with van der Waals surface area (Å²) in [5.41, 5.74) is 4.16. The minimum absolute atomic E-state index is 0.240. The van der Waals surface area contributed by atoms with Crippen molar-refractivity contribution in [2.75, 3.05) is 18.5 Å². The van der Waals surface area contributed by atoms with E-state index in [1.54, 1.807) is 12.1 Å². The second-order valence-corrected chi connectivity index (χ2v) is 7.63. The van der Waals surface area contributed by atoms with E-state index in [4.69, 9.17) is 9.47 Å². The Bertz CT molecular complexity index is 1040. The molecule has 0 saturated heterocycles. The molecule has 2 aromatic rings. The van der Waals surface area contributed by atoms with Crippen LogP contribution in [0.25, 0.3) is 5.57 Å². The van der Waals surface area contributed by atoms with Gasteiger partial charge < -0.3 is 14.8 Å². The van der Waals surface area contributed by atoms with Crippen LogP contribution in [0.3, 0.4) is 0 Å². The Morgan fingerprint density at radius 1 is 0.931 bits per heavy atom. The van der Waals surface area contributed by atoms with Crippen LogP contribution in [0.1, 0.15) is 30.5 Å². The highest BCUT2D eigenvalue weighted by Gasteiger charge is 2.41. The summed E-state index contributed by atoms with van der Waals surface area (Å²) in [4.78, 5) is 27.6. The average molecular weight is 392 g/mol. The first kappa shape index (κ1) is 19.1. The number of nitrogens with one attached hydrogen (secondary N) is 1. The van der Waals surface area contributed by atoms with Crippen molar-refractivity contribution in [3.63, 3.8) is 0 Å². The number of amides is 2. The lowest BCUT2D eigenvalue weighted by molar-refractivity contribution is -0.138. The number of nitrogens with zero attached hydrogens (tertiary/aromatic N) is 1. The first-order valence-corrected chi connectivity index (χ1v) is 9.73. The SMILES string of the molecule is Cc1ccc(C2=C(Nc3ccc4c(c3)OCCO4)C(=O)N(C(C)C)C2=O)c(C)c1. The molecule has 0 aromatic heterocycles. The van der Waals surface area contributed by atoms with E-state index < -0.39 is 0 Å². The van der Waals surface area contributed by atoms with Gasteiger partial charge in [-0.2, -0.15) is 0 Å². The molecule has 2 heterocycles. The second-order valence-electron chi connectivity index (χ2n) is 7.63. The molecule has 0 saturated carbocycles. The summed E-state index contributed by atoms with van der Waals surface area (Å²) in [6.07, 6.45) is 0. The van der Waals surface area contributed by atoms with E-state index in [1.165, 1.54) is 4.90 Å². The normalized spacial score (nSPS) is 16.1. The number of ether oxygens (including phenoxy) is 2. The summed E-state index contributed by atoms with van der Waals surface area (Å²) < 4.78 is 11.2. The Morgan fingerprint density at radius 3 is 2.34 bits per heavy atom. The minimum atomic E-state index is -0.324. The third kappa shape index (κ3) is 3.35. The van der Waals surface area contributed by atoms with Crippen molar-refractivity contribution in [2.24, 2.45) is 0 Å². The third-order valence-electron chi connectivity index (χ3n) is 5.09. The van der Waals surface area contributed by atoms with E-state index >= 15 is 0 Å². The molecule has 1 N–H and O–H groups in total. The zero-order chi connectivity index (χ0) is 20.7. The molecule has 0 radical (unpaired) electrons. The lowest BCUT2D eigenvalue weighted by Crippen LogP contribution is -2.38. The number of aryl methyl sites for hydroxylation is 2. The van der Waals surface area contributed by atoms with Crippen molar-refractivity contribution in [3.8, 4) is 11.5 Å². The van der Waals surface area contributed by atoms with Crippen LogP contribution in [-0.2, 0) is 9.59 Å². The van der Waals surface area contributed by atoms with Gasteiger partial charge in [-0.25, -0.2) is 0 Å². The van der Waals surface area contributed by atoms with Crippen molar-refractivity contribution in [3.05, 3.63) is 58.8 Å². The number of hydrogen-bond donors (Lipinski definition) is 1. The molecule has 6 heteroatoms. The van der Waals surface area contributed by atoms with Crippen LogP contribution >= 0.6 is 0 Å². The molecule has 0 unspecified atom stereocenters. The standard InChI is InChI=1S/C23H24N2O4/c1-13(2)25-22(26)20(17-7-5-14(3)11-15(17)4)21(23(25)27)24-16-6-8-18-19(12-16)29-10-9-28-18/h5-8,11-13,24H,9-10H2,1-4H3. The molecule has 29 heavy (non-hydrogen) atoms. The second kappa shape index (κ2) is 7.28. The fourth-order valence-electron chi connectivity index (χ4n) is 3.74. The lowest BCUT2D eigenvalue weighted by Gasteiger charge is -2.20. The van der Waals surface area contributed by atoms with Crippen LogP contribution < -0.4 is 14.8 Å². The summed E-state index contributed by atoms with van der Waals surface area (Å²) in [5.74, 6) is 0.683. The minimum Gasteiger partial charge on any atom is -0.486 e. The molecule has 2 aliphatic rings. The highest BCUT2D eigenvalue weighted by molar-refractivity contribution is 6.36. The number of carbonyl (C=O) groups is 2. The van der Waals surface area contributed by atoms with E-state index in [2.05, 4.69) is 5.32 Å². The lowest BCUT2D eigenvalue weighted by atomic mass is 9.97. The molecule has 2 amide bonds. The third-order valence-corrected chi connectivity index (χ3v) is 5.09. The number of anilines is 1. The maximum Gasteiger partial charge on any atom is 0.278 e. The zero-order valence-corrected chi connectivity index (χ0v) is 17.0. The van der Waals surface area contributed by atoms with Crippen LogP contribution in [0, 0.1) is 13.8 Å². The highest BCUT2D eigenvalue weighted by Crippen LogP contribution is 2.36. The predicted molar refractivity (Wildman–Crippen MR) is 111 cm³/mol. The molecule has 0 atom stereocenters. The Kier molecular flexibility index (Phi) is 4.78. The maximum absolute atomic E-state index is 13.2. The van der Waals surface area contributed by atoms with Gasteiger partial charge in [-0.05, 0) is 51.0 Å². The number of benzene rings is 2. The Morgan fingerprint density at radius 2 is 1.66 bits per heavy atom. The summed E-state index contributed by atoms with van der Waals surface area (Å²) in [7, 11) is 0. The summed E-state index contributed by atoms with van der Waals surface area (Å²) >= 11 is 0. The van der Waals surface area contributed by atoms with Gasteiger partial charge in [0.2, 0.25) is 0 Å². The summed E-state index contributed by atoms with van der Waals surface area (Å²) in [6.45, 7) is 8.61. The largest absolute Gasteiger partial charge is 0.486 e. The van der Waals surface area contributed by atoms with Crippen molar-refractivity contribution in [1.82, 2.24) is 4.90 Å². The Labute approximate surface area is 170 Å². The number of rotatable bonds is 4. The number of carbonyl (C=O) groups excluding carboxylic acids is 2. The Balaban J connectivity index is 1.80. The number of fused-ring (bicyclic) bond motifs is 1. The molecule has 150 valence electrons. The predicted octanol–water partition coefficient (Wildman–Crippen LogP) is 3.68. The van der Waals surface area contributed by atoms with Crippen LogP contribution in [0.2, 0.25) is 0 Å². The molecular formula is C23H24N2O4. The molecule has 4 rings (SSSR count). The molecule has 6 nitrogen and oxygen atoms in total. The van der Waals surface area contributed by atoms with E-state index in [-0.39, 0.29) is 23.6 Å². The van der Waals surface area contributed by atoms with Gasteiger partial charge in [0.1, 0.15) is 18.9 Å².